The van der Waals surface area contributed by atoms with Crippen molar-refractivity contribution in [3.05, 3.63) is 39.9 Å². The lowest BCUT2D eigenvalue weighted by atomic mass is 10.2. The molecule has 0 aliphatic heterocycles. The molecule has 1 aromatic heterocycles. The molecule has 23 heavy (non-hydrogen) atoms. The van der Waals surface area contributed by atoms with E-state index >= 15 is 0 Å². The van der Waals surface area contributed by atoms with Crippen molar-refractivity contribution in [2.75, 3.05) is 20.1 Å². The van der Waals surface area contributed by atoms with Crippen LogP contribution in [-0.2, 0) is 0 Å². The van der Waals surface area contributed by atoms with Crippen LogP contribution in [0.1, 0.15) is 21.8 Å². The molecule has 1 aromatic carbocycles. The molecule has 0 radical (unpaired) electrons. The van der Waals surface area contributed by atoms with Gasteiger partial charge in [0.25, 0.3) is 5.91 Å². The van der Waals surface area contributed by atoms with Gasteiger partial charge < -0.3 is 10.6 Å². The summed E-state index contributed by atoms with van der Waals surface area (Å²) in [6.45, 7) is 3.41. The second-order valence-electron chi connectivity index (χ2n) is 4.65. The van der Waals surface area contributed by atoms with Crippen LogP contribution in [0.15, 0.2) is 24.3 Å². The number of carbonyl (C=O) groups excluding carboxylic acids is 1. The Balaban J connectivity index is 0.00000242. The molecule has 0 aliphatic carbocycles. The number of nitrogens with one attached hydrogen (secondary N) is 2. The molecule has 4 nitrogen and oxygen atoms in total. The number of hydrogen-bond donors (Lipinski definition) is 2. The first-order valence-corrected chi connectivity index (χ1v) is 7.97. The van der Waals surface area contributed by atoms with E-state index in [1.807, 2.05) is 38.2 Å². The van der Waals surface area contributed by atoms with Gasteiger partial charge in [0.2, 0.25) is 0 Å². The number of nitrogens with zero attached hydrogens (tertiary/aromatic N) is 1. The molecule has 2 aromatic rings. The van der Waals surface area contributed by atoms with Crippen LogP contribution in [0.5, 0.6) is 0 Å². The highest BCUT2D eigenvalue weighted by molar-refractivity contribution is 7.17. The van der Waals surface area contributed by atoms with Crippen LogP contribution in [0.2, 0.25) is 5.02 Å². The lowest BCUT2D eigenvalue weighted by molar-refractivity contribution is 0.0956. The minimum atomic E-state index is -0.0543. The minimum Gasteiger partial charge on any atom is -0.351 e. The molecule has 8 heteroatoms. The summed E-state index contributed by atoms with van der Waals surface area (Å²) in [5, 5.41) is 7.50. The topological polar surface area (TPSA) is 54.0 Å². The van der Waals surface area contributed by atoms with E-state index in [0.29, 0.717) is 16.4 Å². The normalized spacial score (nSPS) is 9.70. The molecule has 0 unspecified atom stereocenters. The molecule has 0 aliphatic rings. The van der Waals surface area contributed by atoms with Crippen LogP contribution in [-0.4, -0.2) is 31.0 Å². The summed E-state index contributed by atoms with van der Waals surface area (Å²) in [4.78, 5) is 17.3. The van der Waals surface area contributed by atoms with Gasteiger partial charge in [-0.05, 0) is 39.1 Å². The Labute approximate surface area is 157 Å². The molecule has 0 spiro atoms. The summed E-state index contributed by atoms with van der Waals surface area (Å²) in [7, 11) is 1.90. The molecule has 1 amide bonds. The third-order valence-corrected chi connectivity index (χ3v) is 4.44. The fourth-order valence-corrected chi connectivity index (χ4v) is 2.98. The number of halogens is 3. The Bertz CT molecular complexity index is 617. The number of aromatic nitrogens is 1. The summed E-state index contributed by atoms with van der Waals surface area (Å²) < 4.78 is 0. The summed E-state index contributed by atoms with van der Waals surface area (Å²) in [6, 6.07) is 7.47. The number of benzene rings is 1. The quantitative estimate of drug-likeness (QED) is 0.727. The van der Waals surface area contributed by atoms with Crippen LogP contribution in [0.3, 0.4) is 0 Å². The Morgan fingerprint density at radius 3 is 2.48 bits per heavy atom. The van der Waals surface area contributed by atoms with Gasteiger partial charge in [0.1, 0.15) is 9.88 Å². The molecular weight excluding hydrogens is 377 g/mol. The third-order valence-electron chi connectivity index (χ3n) is 2.98. The maximum atomic E-state index is 12.1. The van der Waals surface area contributed by atoms with E-state index in [9.17, 15) is 4.79 Å². The zero-order chi connectivity index (χ0) is 15.2. The van der Waals surface area contributed by atoms with Crippen LogP contribution in [0.25, 0.3) is 10.6 Å². The lowest BCUT2D eigenvalue weighted by Crippen LogP contribution is -2.26. The van der Waals surface area contributed by atoms with Crippen molar-refractivity contribution in [1.29, 1.82) is 0 Å². The second-order valence-corrected chi connectivity index (χ2v) is 6.09. The lowest BCUT2D eigenvalue weighted by Gasteiger charge is -2.03. The molecule has 0 bridgehead atoms. The van der Waals surface area contributed by atoms with Crippen LogP contribution < -0.4 is 10.6 Å². The van der Waals surface area contributed by atoms with Crippen LogP contribution in [0, 0.1) is 6.92 Å². The molecule has 0 saturated heterocycles. The highest BCUT2D eigenvalue weighted by Gasteiger charge is 2.15. The predicted molar refractivity (Wildman–Crippen MR) is 103 cm³/mol. The summed E-state index contributed by atoms with van der Waals surface area (Å²) in [5.74, 6) is -0.0543. The van der Waals surface area contributed by atoms with Gasteiger partial charge in [-0.2, -0.15) is 0 Å². The monoisotopic (exact) mass is 395 g/mol. The highest BCUT2D eigenvalue weighted by Crippen LogP contribution is 2.28. The van der Waals surface area contributed by atoms with E-state index in [1.165, 1.54) is 11.3 Å². The number of hydrogen-bond acceptors (Lipinski definition) is 4. The van der Waals surface area contributed by atoms with Gasteiger partial charge in [0.15, 0.2) is 0 Å². The van der Waals surface area contributed by atoms with Gasteiger partial charge in [0.05, 0.1) is 5.69 Å². The molecule has 2 N–H and O–H groups in total. The van der Waals surface area contributed by atoms with Crippen LogP contribution >= 0.6 is 47.8 Å². The van der Waals surface area contributed by atoms with Gasteiger partial charge >= 0.3 is 0 Å². The van der Waals surface area contributed by atoms with Crippen molar-refractivity contribution in [2.24, 2.45) is 0 Å². The minimum absolute atomic E-state index is 0. The number of aryl methyl sites for hydroxylation is 1. The maximum Gasteiger partial charge on any atom is 0.263 e. The highest BCUT2D eigenvalue weighted by atomic mass is 35.5. The van der Waals surface area contributed by atoms with Crippen molar-refractivity contribution in [3.63, 3.8) is 0 Å². The van der Waals surface area contributed by atoms with Gasteiger partial charge in [-0.25, -0.2) is 4.98 Å². The maximum absolute atomic E-state index is 12.1. The molecule has 0 saturated carbocycles. The molecular formula is C15H20Cl3N3OS. The zero-order valence-corrected chi connectivity index (χ0v) is 16.1. The number of thiazole rings is 1. The second kappa shape index (κ2) is 10.8. The Hall–Kier alpha value is -0.850. The van der Waals surface area contributed by atoms with Crippen molar-refractivity contribution < 1.29 is 4.79 Å². The summed E-state index contributed by atoms with van der Waals surface area (Å²) in [5.41, 5.74) is 1.73. The van der Waals surface area contributed by atoms with E-state index in [1.54, 1.807) is 0 Å². The Kier molecular flexibility index (Phi) is 10.4. The standard InChI is InChI=1S/C15H18ClN3OS.2ClH/c1-10-13(14(20)18-9-3-8-17-2)21-15(19-10)11-4-6-12(16)7-5-11;;/h4-7,17H,3,8-9H2,1-2H3,(H,18,20);2*1H. The smallest absolute Gasteiger partial charge is 0.263 e. The van der Waals surface area contributed by atoms with E-state index in [2.05, 4.69) is 15.6 Å². The van der Waals surface area contributed by atoms with Gasteiger partial charge in [-0.3, -0.25) is 4.79 Å². The van der Waals surface area contributed by atoms with Crippen molar-refractivity contribution in [1.82, 2.24) is 15.6 Å². The fourth-order valence-electron chi connectivity index (χ4n) is 1.87. The first-order valence-electron chi connectivity index (χ1n) is 6.78. The van der Waals surface area contributed by atoms with Crippen molar-refractivity contribution >= 4 is 53.7 Å². The molecule has 128 valence electrons. The van der Waals surface area contributed by atoms with E-state index in [-0.39, 0.29) is 30.7 Å². The molecule has 1 heterocycles. The van der Waals surface area contributed by atoms with Crippen molar-refractivity contribution in [2.45, 2.75) is 13.3 Å². The first kappa shape index (κ1) is 22.1. The molecule has 0 atom stereocenters. The summed E-state index contributed by atoms with van der Waals surface area (Å²) in [6.07, 6.45) is 0.907. The first-order chi connectivity index (χ1) is 10.1. The van der Waals surface area contributed by atoms with E-state index < -0.39 is 0 Å². The average Bonchev–Trinajstić information content (AvgIpc) is 2.86. The SMILES string of the molecule is CNCCCNC(=O)c1sc(-c2ccc(Cl)cc2)nc1C.Cl.Cl. The zero-order valence-electron chi connectivity index (χ0n) is 12.9. The van der Waals surface area contributed by atoms with Gasteiger partial charge in [0, 0.05) is 17.1 Å². The van der Waals surface area contributed by atoms with Crippen molar-refractivity contribution in [3.8, 4) is 10.6 Å². The molecule has 0 fully saturated rings. The molecule has 2 rings (SSSR count). The largest absolute Gasteiger partial charge is 0.351 e. The van der Waals surface area contributed by atoms with E-state index in [0.717, 1.165) is 29.2 Å². The van der Waals surface area contributed by atoms with E-state index in [4.69, 9.17) is 11.6 Å². The Morgan fingerprint density at radius 1 is 1.22 bits per heavy atom. The van der Waals surface area contributed by atoms with Crippen LogP contribution in [0.4, 0.5) is 0 Å². The van der Waals surface area contributed by atoms with Gasteiger partial charge in [-0.15, -0.1) is 36.2 Å². The third kappa shape index (κ3) is 6.28. The summed E-state index contributed by atoms with van der Waals surface area (Å²) >= 11 is 7.29. The fraction of sp³-hybridized carbons (Fsp3) is 0.333. The number of carbonyl (C=O) groups is 1. The average molecular weight is 397 g/mol. The number of amides is 1. The number of rotatable bonds is 6. The van der Waals surface area contributed by atoms with Gasteiger partial charge in [-0.1, -0.05) is 23.7 Å². The Morgan fingerprint density at radius 2 is 1.87 bits per heavy atom. The predicted octanol–water partition coefficient (Wildman–Crippen LogP) is 3.95.